The van der Waals surface area contributed by atoms with Crippen LogP contribution in [-0.4, -0.2) is 23.3 Å². The monoisotopic (exact) mass is 208 g/mol. The van der Waals surface area contributed by atoms with Crippen LogP contribution in [0.15, 0.2) is 23.3 Å². The van der Waals surface area contributed by atoms with Crippen molar-refractivity contribution in [2.24, 2.45) is 5.41 Å². The van der Waals surface area contributed by atoms with E-state index in [4.69, 9.17) is 5.11 Å². The molecule has 0 amide bonds. The summed E-state index contributed by atoms with van der Waals surface area (Å²) >= 11 is 0. The van der Waals surface area contributed by atoms with Crippen LogP contribution >= 0.6 is 0 Å². The van der Waals surface area contributed by atoms with Gasteiger partial charge in [-0.3, -0.25) is 9.59 Å². The summed E-state index contributed by atoms with van der Waals surface area (Å²) in [7, 11) is 0. The second kappa shape index (κ2) is 4.11. The van der Waals surface area contributed by atoms with E-state index >= 15 is 0 Å². The molecule has 1 aliphatic carbocycles. The van der Waals surface area contributed by atoms with Crippen molar-refractivity contribution >= 4 is 11.6 Å². The lowest BCUT2D eigenvalue weighted by Gasteiger charge is -2.28. The largest absolute Gasteiger partial charge is 0.392 e. The van der Waals surface area contributed by atoms with Crippen LogP contribution in [0.2, 0.25) is 0 Å². The fraction of sp³-hybridized carbons (Fsp3) is 0.500. The van der Waals surface area contributed by atoms with Crippen LogP contribution in [0.4, 0.5) is 0 Å². The van der Waals surface area contributed by atoms with Gasteiger partial charge in [-0.2, -0.15) is 0 Å². The van der Waals surface area contributed by atoms with E-state index in [1.54, 1.807) is 26.0 Å². The minimum absolute atomic E-state index is 0.0194. The van der Waals surface area contributed by atoms with Crippen molar-refractivity contribution in [3.8, 4) is 0 Å². The Kier molecular flexibility index (Phi) is 3.25. The van der Waals surface area contributed by atoms with Gasteiger partial charge < -0.3 is 5.11 Å². The number of ketones is 2. The molecule has 0 bridgehead atoms. The molecule has 0 saturated carbocycles. The van der Waals surface area contributed by atoms with Gasteiger partial charge in [0.2, 0.25) is 0 Å². The number of allylic oxidation sites excluding steroid dienone is 2. The summed E-state index contributed by atoms with van der Waals surface area (Å²) < 4.78 is 0. The summed E-state index contributed by atoms with van der Waals surface area (Å²) in [6.45, 7) is 4.82. The first-order valence-corrected chi connectivity index (χ1v) is 4.94. The van der Waals surface area contributed by atoms with Crippen molar-refractivity contribution in [2.45, 2.75) is 27.2 Å². The van der Waals surface area contributed by atoms with E-state index in [-0.39, 0.29) is 24.6 Å². The molecule has 0 heterocycles. The standard InChI is InChI=1S/C12H16O3/c1-8-4-10(7-13)6-12(3,11(8)15)5-9(2)14/h4,6,13H,5,7H2,1-3H3. The predicted molar refractivity (Wildman–Crippen MR) is 57.3 cm³/mol. The first-order valence-electron chi connectivity index (χ1n) is 4.94. The Morgan fingerprint density at radius 3 is 2.60 bits per heavy atom. The molecular formula is C12H16O3. The van der Waals surface area contributed by atoms with Crippen LogP contribution in [0, 0.1) is 5.41 Å². The van der Waals surface area contributed by atoms with Gasteiger partial charge in [-0.05, 0) is 31.9 Å². The highest BCUT2D eigenvalue weighted by Crippen LogP contribution is 2.33. The predicted octanol–water partition coefficient (Wildman–Crippen LogP) is 1.42. The van der Waals surface area contributed by atoms with Crippen LogP contribution in [0.5, 0.6) is 0 Å². The van der Waals surface area contributed by atoms with Crippen LogP contribution in [0.1, 0.15) is 27.2 Å². The van der Waals surface area contributed by atoms with E-state index in [0.717, 1.165) is 0 Å². The highest BCUT2D eigenvalue weighted by molar-refractivity contribution is 6.04. The lowest BCUT2D eigenvalue weighted by Crippen LogP contribution is -2.31. The average Bonchev–Trinajstić information content (AvgIpc) is 2.12. The number of hydrogen-bond acceptors (Lipinski definition) is 3. The smallest absolute Gasteiger partial charge is 0.168 e. The van der Waals surface area contributed by atoms with Gasteiger partial charge >= 0.3 is 0 Å². The Morgan fingerprint density at radius 2 is 2.13 bits per heavy atom. The fourth-order valence-corrected chi connectivity index (χ4v) is 2.05. The van der Waals surface area contributed by atoms with Crippen molar-refractivity contribution in [3.05, 3.63) is 23.3 Å². The first kappa shape index (κ1) is 11.9. The molecule has 1 N–H and O–H groups in total. The summed E-state index contributed by atoms with van der Waals surface area (Å²) in [6, 6.07) is 0. The highest BCUT2D eigenvalue weighted by Gasteiger charge is 2.35. The SMILES string of the molecule is CC(=O)CC1(C)C=C(CO)C=C(C)C1=O. The van der Waals surface area contributed by atoms with Gasteiger partial charge in [0.05, 0.1) is 12.0 Å². The Labute approximate surface area is 89.5 Å². The van der Waals surface area contributed by atoms with Crippen LogP contribution < -0.4 is 0 Å². The Hall–Kier alpha value is -1.22. The van der Waals surface area contributed by atoms with Crippen molar-refractivity contribution < 1.29 is 14.7 Å². The van der Waals surface area contributed by atoms with E-state index in [1.807, 2.05) is 0 Å². The average molecular weight is 208 g/mol. The van der Waals surface area contributed by atoms with E-state index in [9.17, 15) is 9.59 Å². The molecule has 0 aromatic carbocycles. The summed E-state index contributed by atoms with van der Waals surface area (Å²) in [5.41, 5.74) is 0.532. The maximum atomic E-state index is 11.9. The molecular weight excluding hydrogens is 192 g/mol. The van der Waals surface area contributed by atoms with Crippen molar-refractivity contribution in [2.75, 3.05) is 6.61 Å². The highest BCUT2D eigenvalue weighted by atomic mass is 16.3. The van der Waals surface area contributed by atoms with Gasteiger partial charge in [-0.25, -0.2) is 0 Å². The van der Waals surface area contributed by atoms with Crippen LogP contribution in [0.3, 0.4) is 0 Å². The van der Waals surface area contributed by atoms with E-state index in [0.29, 0.717) is 11.1 Å². The number of carbonyl (C=O) groups is 2. The topological polar surface area (TPSA) is 54.4 Å². The van der Waals surface area contributed by atoms with E-state index < -0.39 is 5.41 Å². The molecule has 0 fully saturated rings. The van der Waals surface area contributed by atoms with E-state index in [2.05, 4.69) is 0 Å². The van der Waals surface area contributed by atoms with Gasteiger partial charge in [-0.15, -0.1) is 0 Å². The minimum atomic E-state index is -0.775. The second-order valence-corrected chi connectivity index (χ2v) is 4.33. The van der Waals surface area contributed by atoms with Gasteiger partial charge in [-0.1, -0.05) is 12.2 Å². The summed E-state index contributed by atoms with van der Waals surface area (Å²) in [5, 5.41) is 9.05. The van der Waals surface area contributed by atoms with Gasteiger partial charge in [0.25, 0.3) is 0 Å². The number of carbonyl (C=O) groups excluding carboxylic acids is 2. The number of rotatable bonds is 3. The molecule has 0 radical (unpaired) electrons. The lowest BCUT2D eigenvalue weighted by atomic mass is 9.74. The van der Waals surface area contributed by atoms with Crippen LogP contribution in [0.25, 0.3) is 0 Å². The third-order valence-electron chi connectivity index (χ3n) is 2.58. The minimum Gasteiger partial charge on any atom is -0.392 e. The molecule has 82 valence electrons. The molecule has 0 spiro atoms. The zero-order valence-electron chi connectivity index (χ0n) is 9.33. The first-order chi connectivity index (χ1) is 6.89. The molecule has 0 aromatic heterocycles. The molecule has 0 saturated heterocycles. The molecule has 1 aliphatic rings. The Morgan fingerprint density at radius 1 is 1.53 bits per heavy atom. The molecule has 0 aromatic rings. The number of hydrogen-bond donors (Lipinski definition) is 1. The number of aliphatic hydroxyl groups is 1. The normalized spacial score (nSPS) is 26.0. The lowest BCUT2D eigenvalue weighted by molar-refractivity contribution is -0.127. The van der Waals surface area contributed by atoms with Crippen molar-refractivity contribution in [3.63, 3.8) is 0 Å². The van der Waals surface area contributed by atoms with Gasteiger partial charge in [0.1, 0.15) is 5.78 Å². The second-order valence-electron chi connectivity index (χ2n) is 4.33. The maximum absolute atomic E-state index is 11.9. The number of Topliss-reactive ketones (excluding diaryl/α,β-unsaturated/α-hetero) is 2. The molecule has 1 rings (SSSR count). The molecule has 0 aliphatic heterocycles. The maximum Gasteiger partial charge on any atom is 0.168 e. The molecule has 3 nitrogen and oxygen atoms in total. The third kappa shape index (κ3) is 2.42. The third-order valence-corrected chi connectivity index (χ3v) is 2.58. The Balaban J connectivity index is 3.08. The summed E-state index contributed by atoms with van der Waals surface area (Å²) in [5.74, 6) is -0.0519. The van der Waals surface area contributed by atoms with Crippen molar-refractivity contribution in [1.82, 2.24) is 0 Å². The zero-order chi connectivity index (χ0) is 11.6. The molecule has 15 heavy (non-hydrogen) atoms. The van der Waals surface area contributed by atoms with E-state index in [1.165, 1.54) is 6.92 Å². The number of aliphatic hydroxyl groups excluding tert-OH is 1. The molecule has 3 heteroatoms. The van der Waals surface area contributed by atoms with Crippen molar-refractivity contribution in [1.29, 1.82) is 0 Å². The summed E-state index contributed by atoms with van der Waals surface area (Å²) in [4.78, 5) is 23.0. The van der Waals surface area contributed by atoms with Crippen LogP contribution in [-0.2, 0) is 9.59 Å². The molecule has 1 atom stereocenters. The summed E-state index contributed by atoms with van der Waals surface area (Å²) in [6.07, 6.45) is 3.56. The Bertz CT molecular complexity index is 363. The molecule has 1 unspecified atom stereocenters. The quantitative estimate of drug-likeness (QED) is 0.763. The zero-order valence-corrected chi connectivity index (χ0v) is 9.33. The van der Waals surface area contributed by atoms with Gasteiger partial charge in [0.15, 0.2) is 5.78 Å². The van der Waals surface area contributed by atoms with Gasteiger partial charge in [0, 0.05) is 6.42 Å². The fourth-order valence-electron chi connectivity index (χ4n) is 2.05.